The molecule has 1 aliphatic rings. The van der Waals surface area contributed by atoms with Gasteiger partial charge in [0, 0.05) is 23.5 Å². The van der Waals surface area contributed by atoms with Gasteiger partial charge in [-0.25, -0.2) is 9.78 Å². The second kappa shape index (κ2) is 8.53. The summed E-state index contributed by atoms with van der Waals surface area (Å²) in [5.41, 5.74) is 2.39. The maximum absolute atomic E-state index is 12.9. The Morgan fingerprint density at radius 3 is 2.67 bits per heavy atom. The van der Waals surface area contributed by atoms with Gasteiger partial charge in [0.05, 0.1) is 16.8 Å². The molecule has 0 radical (unpaired) electrons. The predicted molar refractivity (Wildman–Crippen MR) is 114 cm³/mol. The Balaban J connectivity index is 1.59. The number of hydrogen-bond acceptors (Lipinski definition) is 5. The number of nitrogens with zero attached hydrogens (tertiary/aromatic N) is 2. The number of ether oxygens (including phenoxy) is 1. The number of pyridine rings is 1. The van der Waals surface area contributed by atoms with E-state index in [4.69, 9.17) is 4.74 Å². The van der Waals surface area contributed by atoms with Crippen molar-refractivity contribution in [3.05, 3.63) is 60.2 Å². The molecule has 6 heteroatoms. The van der Waals surface area contributed by atoms with Gasteiger partial charge in [0.2, 0.25) is 0 Å². The lowest BCUT2D eigenvalue weighted by Gasteiger charge is -2.33. The molecule has 3 aromatic rings. The van der Waals surface area contributed by atoms with Crippen LogP contribution >= 0.6 is 0 Å². The first kappa shape index (κ1) is 19.9. The first-order chi connectivity index (χ1) is 14.5. The number of aromatic hydroxyl groups is 1. The number of para-hydroxylation sites is 1. The number of likely N-dealkylation sites (tertiary alicyclic amines) is 1. The average molecular weight is 404 g/mol. The van der Waals surface area contributed by atoms with Crippen LogP contribution in [0.25, 0.3) is 22.2 Å². The number of esters is 1. The van der Waals surface area contributed by atoms with Crippen molar-refractivity contribution in [1.29, 1.82) is 0 Å². The SMILES string of the molecule is C[C@H]1CCCCN1C(=O)COC(=O)c1cc(-c2ccc(O)cc2)nc2ccccc12. The van der Waals surface area contributed by atoms with Crippen molar-refractivity contribution in [1.82, 2.24) is 9.88 Å². The van der Waals surface area contributed by atoms with E-state index in [0.717, 1.165) is 24.8 Å². The van der Waals surface area contributed by atoms with Crippen LogP contribution in [-0.4, -0.2) is 46.1 Å². The zero-order chi connectivity index (χ0) is 21.1. The molecule has 6 nitrogen and oxygen atoms in total. The van der Waals surface area contributed by atoms with E-state index in [-0.39, 0.29) is 24.3 Å². The Kier molecular flexibility index (Phi) is 5.65. The van der Waals surface area contributed by atoms with Gasteiger partial charge in [0.1, 0.15) is 5.75 Å². The van der Waals surface area contributed by atoms with E-state index in [9.17, 15) is 14.7 Å². The van der Waals surface area contributed by atoms with E-state index in [1.165, 1.54) is 0 Å². The molecule has 0 unspecified atom stereocenters. The average Bonchev–Trinajstić information content (AvgIpc) is 2.77. The summed E-state index contributed by atoms with van der Waals surface area (Å²) in [6.45, 7) is 2.47. The molecule has 30 heavy (non-hydrogen) atoms. The largest absolute Gasteiger partial charge is 0.508 e. The standard InChI is InChI=1S/C24H24N2O4/c1-16-6-4-5-13-26(16)23(28)15-30-24(29)20-14-22(17-9-11-18(27)12-10-17)25-21-8-3-2-7-19(20)21/h2-3,7-12,14,16,27H,4-6,13,15H2,1H3/t16-/m0/s1. The first-order valence-electron chi connectivity index (χ1n) is 10.2. The topological polar surface area (TPSA) is 79.7 Å². The fourth-order valence-electron chi connectivity index (χ4n) is 3.88. The second-order valence-corrected chi connectivity index (χ2v) is 7.63. The van der Waals surface area contributed by atoms with Crippen LogP contribution in [-0.2, 0) is 9.53 Å². The van der Waals surface area contributed by atoms with Crippen molar-refractivity contribution in [3.63, 3.8) is 0 Å². The monoisotopic (exact) mass is 404 g/mol. The lowest BCUT2D eigenvalue weighted by Crippen LogP contribution is -2.44. The number of benzene rings is 2. The van der Waals surface area contributed by atoms with Crippen LogP contribution < -0.4 is 0 Å². The lowest BCUT2D eigenvalue weighted by atomic mass is 10.0. The molecule has 1 atom stereocenters. The molecule has 0 aliphatic carbocycles. The van der Waals surface area contributed by atoms with Crippen LogP contribution in [0.15, 0.2) is 54.6 Å². The van der Waals surface area contributed by atoms with Gasteiger partial charge in [-0.1, -0.05) is 18.2 Å². The van der Waals surface area contributed by atoms with E-state index < -0.39 is 5.97 Å². The lowest BCUT2D eigenvalue weighted by molar-refractivity contribution is -0.137. The number of hydrogen-bond donors (Lipinski definition) is 1. The quantitative estimate of drug-likeness (QED) is 0.661. The molecule has 0 bridgehead atoms. The Hall–Kier alpha value is -3.41. The van der Waals surface area contributed by atoms with Crippen molar-refractivity contribution in [3.8, 4) is 17.0 Å². The molecule has 1 N–H and O–H groups in total. The van der Waals surface area contributed by atoms with Gasteiger partial charge >= 0.3 is 5.97 Å². The fourth-order valence-corrected chi connectivity index (χ4v) is 3.88. The highest BCUT2D eigenvalue weighted by Gasteiger charge is 2.24. The molecule has 4 rings (SSSR count). The van der Waals surface area contributed by atoms with Gasteiger partial charge in [-0.2, -0.15) is 0 Å². The van der Waals surface area contributed by atoms with Crippen molar-refractivity contribution in [2.24, 2.45) is 0 Å². The normalized spacial score (nSPS) is 16.4. The molecular weight excluding hydrogens is 380 g/mol. The van der Waals surface area contributed by atoms with E-state index >= 15 is 0 Å². The maximum Gasteiger partial charge on any atom is 0.339 e. The molecule has 1 aromatic heterocycles. The number of carbonyl (C=O) groups is 2. The highest BCUT2D eigenvalue weighted by atomic mass is 16.5. The molecule has 0 saturated carbocycles. The summed E-state index contributed by atoms with van der Waals surface area (Å²) in [6.07, 6.45) is 3.08. The third-order valence-electron chi connectivity index (χ3n) is 5.55. The first-order valence-corrected chi connectivity index (χ1v) is 10.2. The number of carbonyl (C=O) groups excluding carboxylic acids is 2. The summed E-state index contributed by atoms with van der Waals surface area (Å²) in [6, 6.07) is 15.8. The fraction of sp³-hybridized carbons (Fsp3) is 0.292. The van der Waals surface area contributed by atoms with Gasteiger partial charge in [0.15, 0.2) is 6.61 Å². The molecular formula is C24H24N2O4. The number of amides is 1. The minimum Gasteiger partial charge on any atom is -0.508 e. The zero-order valence-corrected chi connectivity index (χ0v) is 16.9. The van der Waals surface area contributed by atoms with Crippen LogP contribution in [0.2, 0.25) is 0 Å². The minimum absolute atomic E-state index is 0.157. The van der Waals surface area contributed by atoms with Crippen molar-refractivity contribution in [2.45, 2.75) is 32.2 Å². The number of piperidine rings is 1. The van der Waals surface area contributed by atoms with Crippen molar-refractivity contribution in [2.75, 3.05) is 13.2 Å². The molecule has 2 heterocycles. The van der Waals surface area contributed by atoms with Crippen LogP contribution in [0.1, 0.15) is 36.5 Å². The molecule has 0 spiro atoms. The Morgan fingerprint density at radius 2 is 1.90 bits per heavy atom. The van der Waals surface area contributed by atoms with Gasteiger partial charge in [-0.3, -0.25) is 4.79 Å². The molecule has 1 aliphatic heterocycles. The molecule has 2 aromatic carbocycles. The van der Waals surface area contributed by atoms with Crippen LogP contribution in [0.5, 0.6) is 5.75 Å². The van der Waals surface area contributed by atoms with E-state index in [1.54, 1.807) is 35.2 Å². The summed E-state index contributed by atoms with van der Waals surface area (Å²) in [4.78, 5) is 31.9. The maximum atomic E-state index is 12.9. The number of fused-ring (bicyclic) bond motifs is 1. The van der Waals surface area contributed by atoms with Gasteiger partial charge in [0.25, 0.3) is 5.91 Å². The second-order valence-electron chi connectivity index (χ2n) is 7.63. The minimum atomic E-state index is -0.549. The van der Waals surface area contributed by atoms with Crippen molar-refractivity contribution >= 4 is 22.8 Å². The highest BCUT2D eigenvalue weighted by Crippen LogP contribution is 2.26. The Labute approximate surface area is 175 Å². The van der Waals surface area contributed by atoms with Gasteiger partial charge in [-0.15, -0.1) is 0 Å². The van der Waals surface area contributed by atoms with Crippen molar-refractivity contribution < 1.29 is 19.4 Å². The van der Waals surface area contributed by atoms with Gasteiger partial charge < -0.3 is 14.7 Å². The zero-order valence-electron chi connectivity index (χ0n) is 16.9. The summed E-state index contributed by atoms with van der Waals surface area (Å²) in [5.74, 6) is -0.552. The molecule has 1 fully saturated rings. The highest BCUT2D eigenvalue weighted by molar-refractivity contribution is 6.05. The Bertz CT molecular complexity index is 1080. The smallest absolute Gasteiger partial charge is 0.339 e. The summed E-state index contributed by atoms with van der Waals surface area (Å²) < 4.78 is 5.41. The summed E-state index contributed by atoms with van der Waals surface area (Å²) >= 11 is 0. The van der Waals surface area contributed by atoms with Gasteiger partial charge in [-0.05, 0) is 62.6 Å². The van der Waals surface area contributed by atoms with Crippen LogP contribution in [0.4, 0.5) is 0 Å². The predicted octanol–water partition coefficient (Wildman–Crippen LogP) is 4.17. The summed E-state index contributed by atoms with van der Waals surface area (Å²) in [5, 5.41) is 10.2. The van der Waals surface area contributed by atoms with Crippen LogP contribution in [0.3, 0.4) is 0 Å². The van der Waals surface area contributed by atoms with E-state index in [2.05, 4.69) is 4.98 Å². The number of phenolic OH excluding ortho intramolecular Hbond substituents is 1. The third kappa shape index (κ3) is 4.13. The number of phenols is 1. The van der Waals surface area contributed by atoms with E-state index in [0.29, 0.717) is 28.7 Å². The Morgan fingerprint density at radius 1 is 1.13 bits per heavy atom. The third-order valence-corrected chi connectivity index (χ3v) is 5.55. The molecule has 1 saturated heterocycles. The number of aromatic nitrogens is 1. The van der Waals surface area contributed by atoms with E-state index in [1.807, 2.05) is 31.2 Å². The van der Waals surface area contributed by atoms with Crippen LogP contribution in [0, 0.1) is 0 Å². The number of rotatable bonds is 4. The molecule has 154 valence electrons. The molecule has 1 amide bonds. The summed E-state index contributed by atoms with van der Waals surface area (Å²) in [7, 11) is 0.